The molecule has 5 atom stereocenters. The lowest BCUT2D eigenvalue weighted by molar-refractivity contribution is -0.205. The fraction of sp³-hybridized carbons (Fsp3) is 0.750. The van der Waals surface area contributed by atoms with E-state index in [0.29, 0.717) is 11.8 Å². The zero-order chi connectivity index (χ0) is 20.8. The van der Waals surface area contributed by atoms with E-state index in [-0.39, 0.29) is 17.9 Å². The van der Waals surface area contributed by atoms with Crippen LogP contribution in [0.4, 0.5) is 0 Å². The zero-order valence-corrected chi connectivity index (χ0v) is 16.5. The normalized spacial score (nSPS) is 30.6. The van der Waals surface area contributed by atoms with Crippen LogP contribution in [0.3, 0.4) is 0 Å². The molecule has 1 aliphatic rings. The van der Waals surface area contributed by atoms with Crippen molar-refractivity contribution >= 4 is 37.0 Å². The molecule has 158 valence electrons. The van der Waals surface area contributed by atoms with E-state index in [1.54, 1.807) is 0 Å². The maximum Gasteiger partial charge on any atom is 0.466 e. The Labute approximate surface area is 160 Å². The molecule has 1 unspecified atom stereocenters. The average molecular weight is 451 g/mol. The summed E-state index contributed by atoms with van der Waals surface area (Å²) in [5.74, 6) is 0. The van der Waals surface area contributed by atoms with Crippen molar-refractivity contribution in [2.75, 3.05) is 12.9 Å². The van der Waals surface area contributed by atoms with Gasteiger partial charge in [-0.2, -0.15) is 8.42 Å². The largest absolute Gasteiger partial charge is 0.466 e. The van der Waals surface area contributed by atoms with Gasteiger partial charge in [-0.05, 0) is 6.42 Å². The maximum absolute atomic E-state index is 11.0. The number of aliphatic hydroxyl groups is 4. The molecule has 0 spiro atoms. The lowest BCUT2D eigenvalue weighted by Gasteiger charge is -2.39. The number of sulfone groups is 1. The fourth-order valence-electron chi connectivity index (χ4n) is 1.96. The number of thioether (sulfide) groups is 1. The van der Waals surface area contributed by atoms with Crippen LogP contribution < -0.4 is 0 Å². The van der Waals surface area contributed by atoms with Gasteiger partial charge in [0.2, 0.25) is 0 Å². The Hall–Kier alpha value is -0.780. The highest BCUT2D eigenvalue weighted by Crippen LogP contribution is 2.30. The van der Waals surface area contributed by atoms with Gasteiger partial charge in [-0.15, -0.1) is 0 Å². The van der Waals surface area contributed by atoms with Crippen molar-refractivity contribution < 1.29 is 50.8 Å². The van der Waals surface area contributed by atoms with Crippen molar-refractivity contribution in [2.24, 2.45) is 5.16 Å². The molecule has 0 saturated carbocycles. The van der Waals surface area contributed by atoms with Gasteiger partial charge < -0.3 is 25.2 Å². The van der Waals surface area contributed by atoms with E-state index in [1.807, 2.05) is 0 Å². The summed E-state index contributed by atoms with van der Waals surface area (Å²) in [6, 6.07) is 0. The molecule has 27 heavy (non-hydrogen) atoms. The quantitative estimate of drug-likeness (QED) is 0.118. The topological polar surface area (TPSA) is 200 Å². The minimum absolute atomic E-state index is 0.0682. The molecule has 0 radical (unpaired) electrons. The predicted octanol–water partition coefficient (Wildman–Crippen LogP) is -2.01. The van der Waals surface area contributed by atoms with E-state index in [0.717, 1.165) is 11.7 Å². The van der Waals surface area contributed by atoms with Gasteiger partial charge >= 0.3 is 10.4 Å². The molecule has 1 heterocycles. The summed E-state index contributed by atoms with van der Waals surface area (Å²) >= 11 is 0.609. The van der Waals surface area contributed by atoms with Crippen molar-refractivity contribution in [1.29, 1.82) is 0 Å². The van der Waals surface area contributed by atoms with E-state index in [4.69, 9.17) is 14.4 Å². The smallest absolute Gasteiger partial charge is 0.394 e. The minimum Gasteiger partial charge on any atom is -0.394 e. The third-order valence-corrected chi connectivity index (χ3v) is 5.32. The van der Waals surface area contributed by atoms with Crippen LogP contribution in [-0.2, 0) is 29.3 Å². The molecule has 0 aliphatic carbocycles. The zero-order valence-electron chi connectivity index (χ0n) is 14.0. The van der Waals surface area contributed by atoms with Crippen molar-refractivity contribution in [3.8, 4) is 0 Å². The van der Waals surface area contributed by atoms with Gasteiger partial charge in [0.25, 0.3) is 0 Å². The number of hydrogen-bond acceptors (Lipinski definition) is 12. The molecule has 1 saturated heterocycles. The number of rotatable bonds is 8. The first kappa shape index (κ1) is 24.3. The van der Waals surface area contributed by atoms with Crippen molar-refractivity contribution in [1.82, 2.24) is 0 Å². The minimum atomic E-state index is -4.91. The monoisotopic (exact) mass is 451 g/mol. The standard InChI is InChI=1S/C12H21NO11S3/c1-26(18,19)5-3-2-4-8(13-24-27(20,21)22)25-12-11(17)10(16)9(15)7(6-14)23-12/h3,5,7,9-12,14-17H,2,4,6H2,1H3,(H,20,21,22)/b5-3+,13-8+/t7-,9-,10+,11-,12?/m1/s1. The second-order valence-corrected chi connectivity index (χ2v) is 9.65. The van der Waals surface area contributed by atoms with Gasteiger partial charge in [0, 0.05) is 18.1 Å². The number of hydrogen-bond donors (Lipinski definition) is 5. The van der Waals surface area contributed by atoms with E-state index < -0.39 is 56.7 Å². The third kappa shape index (κ3) is 8.84. The molecular formula is C12H21NO11S3. The summed E-state index contributed by atoms with van der Waals surface area (Å²) in [5.41, 5.74) is -1.26. The number of oxime groups is 1. The molecule has 1 aliphatic heterocycles. The van der Waals surface area contributed by atoms with E-state index in [9.17, 15) is 32.2 Å². The lowest BCUT2D eigenvalue weighted by Crippen LogP contribution is -2.57. The Morgan fingerprint density at radius 1 is 1.19 bits per heavy atom. The second kappa shape index (κ2) is 10.1. The van der Waals surface area contributed by atoms with Gasteiger partial charge in [0.1, 0.15) is 34.9 Å². The molecule has 0 aromatic rings. The van der Waals surface area contributed by atoms with Gasteiger partial charge in [-0.3, -0.25) is 4.55 Å². The van der Waals surface area contributed by atoms with Crippen molar-refractivity contribution in [2.45, 2.75) is 42.7 Å². The number of ether oxygens (including phenoxy) is 1. The molecule has 12 nitrogen and oxygen atoms in total. The van der Waals surface area contributed by atoms with Gasteiger partial charge in [0.15, 0.2) is 9.84 Å². The van der Waals surface area contributed by atoms with Crippen molar-refractivity contribution in [3.63, 3.8) is 0 Å². The number of allylic oxidation sites excluding steroid dienone is 1. The summed E-state index contributed by atoms with van der Waals surface area (Å²) in [6.45, 7) is -0.660. The molecule has 0 bridgehead atoms. The van der Waals surface area contributed by atoms with Crippen LogP contribution in [0.1, 0.15) is 12.8 Å². The second-order valence-electron chi connectivity index (χ2n) is 5.54. The van der Waals surface area contributed by atoms with Crippen LogP contribution in [-0.4, -0.2) is 89.6 Å². The van der Waals surface area contributed by atoms with Gasteiger partial charge in [-0.1, -0.05) is 23.0 Å². The highest BCUT2D eigenvalue weighted by Gasteiger charge is 2.44. The van der Waals surface area contributed by atoms with Crippen molar-refractivity contribution in [3.05, 3.63) is 11.5 Å². The Balaban J connectivity index is 2.90. The molecule has 0 aromatic carbocycles. The Kier molecular flexibility index (Phi) is 9.10. The van der Waals surface area contributed by atoms with E-state index in [1.165, 1.54) is 6.08 Å². The molecule has 0 amide bonds. The third-order valence-electron chi connectivity index (χ3n) is 3.20. The van der Waals surface area contributed by atoms with Crippen LogP contribution in [0.25, 0.3) is 0 Å². The Morgan fingerprint density at radius 2 is 1.81 bits per heavy atom. The summed E-state index contributed by atoms with van der Waals surface area (Å²) in [4.78, 5) is 0. The number of aliphatic hydroxyl groups excluding tert-OH is 4. The highest BCUT2D eigenvalue weighted by atomic mass is 32.3. The fourth-order valence-corrected chi connectivity index (χ4v) is 3.76. The summed E-state index contributed by atoms with van der Waals surface area (Å²) in [6.07, 6.45) is -3.78. The maximum atomic E-state index is 11.0. The van der Waals surface area contributed by atoms with Gasteiger partial charge in [-0.25, -0.2) is 12.7 Å². The molecular weight excluding hydrogens is 430 g/mol. The first-order valence-corrected chi connectivity index (χ1v) is 11.6. The van der Waals surface area contributed by atoms with Crippen LogP contribution in [0, 0.1) is 0 Å². The predicted molar refractivity (Wildman–Crippen MR) is 94.6 cm³/mol. The average Bonchev–Trinajstić information content (AvgIpc) is 2.54. The molecule has 15 heteroatoms. The summed E-state index contributed by atoms with van der Waals surface area (Å²) in [7, 11) is -8.28. The van der Waals surface area contributed by atoms with Crippen LogP contribution in [0.2, 0.25) is 0 Å². The lowest BCUT2D eigenvalue weighted by atomic mass is 10.0. The Morgan fingerprint density at radius 3 is 2.33 bits per heavy atom. The Bertz CT molecular complexity index is 747. The van der Waals surface area contributed by atoms with Crippen LogP contribution in [0.15, 0.2) is 16.6 Å². The molecule has 1 fully saturated rings. The van der Waals surface area contributed by atoms with E-state index >= 15 is 0 Å². The molecule has 0 aromatic heterocycles. The van der Waals surface area contributed by atoms with Crippen LogP contribution in [0.5, 0.6) is 0 Å². The molecule has 5 N–H and O–H groups in total. The first-order chi connectivity index (χ1) is 12.3. The first-order valence-electron chi connectivity index (χ1n) is 7.40. The van der Waals surface area contributed by atoms with Crippen LogP contribution >= 0.6 is 11.8 Å². The van der Waals surface area contributed by atoms with E-state index in [2.05, 4.69) is 9.44 Å². The number of nitrogens with zero attached hydrogens (tertiary/aromatic N) is 1. The molecule has 1 rings (SSSR count). The highest BCUT2D eigenvalue weighted by molar-refractivity contribution is 8.14. The summed E-state index contributed by atoms with van der Waals surface area (Å²) < 4.78 is 61.2. The SMILES string of the molecule is CS(=O)(=O)/C=C/CC/C(=N\OS(=O)(=O)O)SC1O[C@H](CO)[C@@H](O)[C@H](O)[C@H]1O. The van der Waals surface area contributed by atoms with Gasteiger partial charge in [0.05, 0.1) is 6.61 Å². The summed E-state index contributed by atoms with van der Waals surface area (Å²) in [5, 5.41) is 42.6.